The maximum Gasteiger partial charge on any atom is 0.394 e. The molecule has 6 rings (SSSR count). The van der Waals surface area contributed by atoms with E-state index >= 15 is 0 Å². The molecule has 5 N–H and O–H groups in total. The number of pyridine rings is 1. The molecule has 2 aromatic carbocycles. The van der Waals surface area contributed by atoms with Crippen LogP contribution in [0.15, 0.2) is 73.1 Å². The summed E-state index contributed by atoms with van der Waals surface area (Å²) in [6, 6.07) is 20.5. The van der Waals surface area contributed by atoms with Crippen LogP contribution in [0.1, 0.15) is 31.5 Å². The molecule has 0 aliphatic heterocycles. The Kier molecular flexibility index (Phi) is 6.16. The van der Waals surface area contributed by atoms with Gasteiger partial charge in [-0.25, -0.2) is 15.0 Å². The van der Waals surface area contributed by atoms with Gasteiger partial charge in [0.1, 0.15) is 22.9 Å². The van der Waals surface area contributed by atoms with Crippen molar-refractivity contribution in [2.24, 2.45) is 0 Å². The van der Waals surface area contributed by atoms with Gasteiger partial charge in [-0.15, -0.1) is 0 Å². The first-order chi connectivity index (χ1) is 17.5. The molecule has 0 amide bonds. The third kappa shape index (κ3) is 5.30. The summed E-state index contributed by atoms with van der Waals surface area (Å²) < 4.78 is 33.6. The van der Waals surface area contributed by atoms with Crippen LogP contribution in [-0.4, -0.2) is 47.6 Å². The number of aromatic nitrogens is 4. The van der Waals surface area contributed by atoms with Gasteiger partial charge >= 0.3 is 10.4 Å². The largest absolute Gasteiger partial charge is 0.394 e. The first-order valence-corrected chi connectivity index (χ1v) is 12.9. The highest BCUT2D eigenvalue weighted by Crippen LogP contribution is 2.45. The number of nitrogen functional groups attached to an aromatic ring is 1. The van der Waals surface area contributed by atoms with Gasteiger partial charge in [0.2, 0.25) is 0 Å². The van der Waals surface area contributed by atoms with E-state index in [1.54, 1.807) is 6.20 Å². The van der Waals surface area contributed by atoms with E-state index in [9.17, 15) is 5.11 Å². The van der Waals surface area contributed by atoms with Crippen LogP contribution in [0, 0.1) is 0 Å². The lowest BCUT2D eigenvalue weighted by Crippen LogP contribution is -2.40. The molecule has 0 radical (unpaired) electrons. The summed E-state index contributed by atoms with van der Waals surface area (Å²) in [5.74, 6) is 1.55. The first kappa shape index (κ1) is 24.8. The molecule has 3 heterocycles. The van der Waals surface area contributed by atoms with Crippen LogP contribution in [0.3, 0.4) is 0 Å². The maximum atomic E-state index is 10.3. The van der Waals surface area contributed by atoms with Crippen molar-refractivity contribution >= 4 is 32.6 Å². The van der Waals surface area contributed by atoms with Crippen LogP contribution in [0.4, 0.5) is 5.82 Å². The van der Waals surface area contributed by atoms with Crippen LogP contribution < -0.4 is 5.73 Å². The third-order valence-electron chi connectivity index (χ3n) is 6.38. The molecule has 0 atom stereocenters. The van der Waals surface area contributed by atoms with Gasteiger partial charge in [-0.1, -0.05) is 48.5 Å². The van der Waals surface area contributed by atoms with Gasteiger partial charge in [-0.05, 0) is 31.9 Å². The van der Waals surface area contributed by atoms with E-state index in [-0.39, 0.29) is 5.92 Å². The molecule has 11 heteroatoms. The van der Waals surface area contributed by atoms with E-state index in [1.165, 1.54) is 0 Å². The fourth-order valence-corrected chi connectivity index (χ4v) is 4.79. The topological polar surface area (TPSA) is 164 Å². The maximum absolute atomic E-state index is 10.3. The smallest absolute Gasteiger partial charge is 0.390 e. The molecule has 37 heavy (non-hydrogen) atoms. The lowest BCUT2D eigenvalue weighted by molar-refractivity contribution is -0.0335. The minimum absolute atomic E-state index is 0.191. The molecular formula is C26H25N5O5S. The standard InChI is InChI=1S/C26H23N5O.H2O4S/c1-26(32)14-19(15-26)25-30-22(23-24(27)28-11-12-31(23)25)18-8-7-17-9-10-20(29-21(17)13-18)16-5-3-2-4-6-16;1-5(2,3)4/h2-13,19,32H,14-15H2,1H3,(H2,27,28);(H2,1,2,3,4)/t19-,26-;. The molecule has 1 fully saturated rings. The zero-order valence-electron chi connectivity index (χ0n) is 19.9. The number of rotatable bonds is 3. The molecule has 1 aliphatic rings. The van der Waals surface area contributed by atoms with Gasteiger partial charge in [-0.3, -0.25) is 13.5 Å². The van der Waals surface area contributed by atoms with Gasteiger partial charge in [0.25, 0.3) is 0 Å². The average Bonchev–Trinajstić information content (AvgIpc) is 3.22. The Morgan fingerprint density at radius 3 is 2.35 bits per heavy atom. The predicted octanol–water partition coefficient (Wildman–Crippen LogP) is 4.17. The number of anilines is 1. The Bertz CT molecular complexity index is 1700. The number of imidazole rings is 1. The summed E-state index contributed by atoms with van der Waals surface area (Å²) in [5, 5.41) is 11.3. The van der Waals surface area contributed by atoms with E-state index in [1.807, 2.05) is 41.8 Å². The molecule has 0 unspecified atom stereocenters. The highest BCUT2D eigenvalue weighted by molar-refractivity contribution is 7.79. The second-order valence-electron chi connectivity index (χ2n) is 9.37. The SMILES string of the molecule is C[C@]1(O)C[C@H](c2nc(-c3ccc4ccc(-c5ccccc5)nc4c3)c3c(N)nccn32)C1.O=S(=O)(O)O. The molecule has 3 aromatic heterocycles. The fourth-order valence-electron chi connectivity index (χ4n) is 4.79. The summed E-state index contributed by atoms with van der Waals surface area (Å²) >= 11 is 0. The van der Waals surface area contributed by atoms with Crippen LogP contribution >= 0.6 is 0 Å². The van der Waals surface area contributed by atoms with Crippen LogP contribution in [0.5, 0.6) is 0 Å². The molecule has 0 spiro atoms. The normalized spacial score (nSPS) is 19.3. The molecule has 190 valence electrons. The Morgan fingerprint density at radius 2 is 1.68 bits per heavy atom. The van der Waals surface area contributed by atoms with Crippen molar-refractivity contribution in [3.63, 3.8) is 0 Å². The zero-order valence-corrected chi connectivity index (χ0v) is 20.7. The van der Waals surface area contributed by atoms with Crippen LogP contribution in [0.2, 0.25) is 0 Å². The minimum atomic E-state index is -4.67. The summed E-state index contributed by atoms with van der Waals surface area (Å²) in [6.07, 6.45) is 4.97. The predicted molar refractivity (Wildman–Crippen MR) is 140 cm³/mol. The summed E-state index contributed by atoms with van der Waals surface area (Å²) in [7, 11) is -4.67. The van der Waals surface area contributed by atoms with Gasteiger partial charge in [0, 0.05) is 34.8 Å². The number of aliphatic hydroxyl groups is 1. The van der Waals surface area contributed by atoms with E-state index in [2.05, 4.69) is 41.4 Å². The zero-order chi connectivity index (χ0) is 26.4. The van der Waals surface area contributed by atoms with E-state index in [0.29, 0.717) is 18.7 Å². The van der Waals surface area contributed by atoms with Gasteiger partial charge < -0.3 is 10.8 Å². The van der Waals surface area contributed by atoms with E-state index < -0.39 is 16.0 Å². The second-order valence-corrected chi connectivity index (χ2v) is 10.3. The molecule has 1 aliphatic carbocycles. The Morgan fingerprint density at radius 1 is 1.00 bits per heavy atom. The van der Waals surface area contributed by atoms with Crippen molar-refractivity contribution < 1.29 is 22.6 Å². The molecule has 1 saturated carbocycles. The van der Waals surface area contributed by atoms with E-state index in [0.717, 1.165) is 44.8 Å². The highest BCUT2D eigenvalue weighted by Gasteiger charge is 2.41. The van der Waals surface area contributed by atoms with Crippen molar-refractivity contribution in [1.29, 1.82) is 0 Å². The number of hydrogen-bond acceptors (Lipinski definition) is 7. The van der Waals surface area contributed by atoms with Crippen LogP contribution in [-0.2, 0) is 10.4 Å². The van der Waals surface area contributed by atoms with Crippen LogP contribution in [0.25, 0.3) is 38.9 Å². The van der Waals surface area contributed by atoms with Gasteiger partial charge in [-0.2, -0.15) is 8.42 Å². The number of nitrogens with zero attached hydrogens (tertiary/aromatic N) is 4. The molecule has 0 saturated heterocycles. The van der Waals surface area contributed by atoms with Crippen molar-refractivity contribution in [1.82, 2.24) is 19.4 Å². The number of hydrogen-bond donors (Lipinski definition) is 4. The minimum Gasteiger partial charge on any atom is -0.390 e. The van der Waals surface area contributed by atoms with Crippen molar-refractivity contribution in [3.05, 3.63) is 78.9 Å². The molecule has 10 nitrogen and oxygen atoms in total. The number of nitrogens with two attached hydrogens (primary N) is 1. The summed E-state index contributed by atoms with van der Waals surface area (Å²) in [6.45, 7) is 1.87. The monoisotopic (exact) mass is 519 g/mol. The van der Waals surface area contributed by atoms with Crippen molar-refractivity contribution in [3.8, 4) is 22.5 Å². The van der Waals surface area contributed by atoms with E-state index in [4.69, 9.17) is 33.2 Å². The molecule has 5 aromatic rings. The Labute approximate surface area is 213 Å². The summed E-state index contributed by atoms with van der Waals surface area (Å²) in [5.41, 5.74) is 11.1. The van der Waals surface area contributed by atoms with Gasteiger partial charge in [0.15, 0.2) is 0 Å². The fraction of sp³-hybridized carbons (Fsp3) is 0.192. The third-order valence-corrected chi connectivity index (χ3v) is 6.38. The quantitative estimate of drug-likeness (QED) is 0.256. The molecule has 0 bridgehead atoms. The first-order valence-electron chi connectivity index (χ1n) is 11.5. The van der Waals surface area contributed by atoms with Gasteiger partial charge in [0.05, 0.1) is 16.8 Å². The van der Waals surface area contributed by atoms with Crippen molar-refractivity contribution in [2.75, 3.05) is 5.73 Å². The lowest BCUT2D eigenvalue weighted by atomic mass is 9.72. The number of benzene rings is 2. The van der Waals surface area contributed by atoms with Crippen molar-refractivity contribution in [2.45, 2.75) is 31.3 Å². The lowest BCUT2D eigenvalue weighted by Gasteiger charge is -2.40. The Hall–Kier alpha value is -3.90. The molecular weight excluding hydrogens is 494 g/mol. The summed E-state index contributed by atoms with van der Waals surface area (Å²) in [4.78, 5) is 14.2. The average molecular weight is 520 g/mol. The Balaban J connectivity index is 0.000000514. The highest BCUT2D eigenvalue weighted by atomic mass is 32.3. The second kappa shape index (κ2) is 9.20. The number of fused-ring (bicyclic) bond motifs is 2.